The fraction of sp³-hybridized carbons (Fsp3) is 0.538. The van der Waals surface area contributed by atoms with Gasteiger partial charge in [0, 0.05) is 17.8 Å². The van der Waals surface area contributed by atoms with Crippen LogP contribution in [0.15, 0.2) is 18.7 Å². The van der Waals surface area contributed by atoms with Crippen molar-refractivity contribution in [2.75, 3.05) is 0 Å². The number of nitrogens with zero attached hydrogens (tertiary/aromatic N) is 4. The van der Waals surface area contributed by atoms with E-state index in [0.29, 0.717) is 11.7 Å². The van der Waals surface area contributed by atoms with Crippen molar-refractivity contribution in [3.05, 3.63) is 30.1 Å². The number of aromatic amines is 1. The third kappa shape index (κ3) is 2.71. The van der Waals surface area contributed by atoms with Crippen LogP contribution in [0.4, 0.5) is 0 Å². The Bertz CT molecular complexity index is 567. The summed E-state index contributed by atoms with van der Waals surface area (Å²) in [5.74, 6) is -0.0953. The Morgan fingerprint density at radius 1 is 1.30 bits per heavy atom. The van der Waals surface area contributed by atoms with E-state index in [9.17, 15) is 4.79 Å². The van der Waals surface area contributed by atoms with E-state index in [4.69, 9.17) is 0 Å². The number of nitrogens with one attached hydrogen (secondary N) is 2. The topological polar surface area (TPSA) is 88.5 Å². The summed E-state index contributed by atoms with van der Waals surface area (Å²) < 4.78 is 2.05. The van der Waals surface area contributed by atoms with Gasteiger partial charge in [0.05, 0.1) is 0 Å². The van der Waals surface area contributed by atoms with Crippen molar-refractivity contribution in [3.63, 3.8) is 0 Å². The zero-order valence-corrected chi connectivity index (χ0v) is 11.4. The first-order valence-corrected chi connectivity index (χ1v) is 6.89. The van der Waals surface area contributed by atoms with Gasteiger partial charge in [-0.1, -0.05) is 0 Å². The van der Waals surface area contributed by atoms with E-state index in [2.05, 4.69) is 30.3 Å². The lowest BCUT2D eigenvalue weighted by atomic mass is 9.91. The number of aryl methyl sites for hydroxylation is 1. The van der Waals surface area contributed by atoms with E-state index in [1.807, 2.05) is 6.92 Å². The first kappa shape index (κ1) is 12.8. The second-order valence-corrected chi connectivity index (χ2v) is 5.32. The molecule has 20 heavy (non-hydrogen) atoms. The Morgan fingerprint density at radius 3 is 2.60 bits per heavy atom. The number of amides is 1. The van der Waals surface area contributed by atoms with Crippen molar-refractivity contribution in [1.29, 1.82) is 0 Å². The Balaban J connectivity index is 1.52. The molecular formula is C13H18N6O. The number of hydrogen-bond acceptors (Lipinski definition) is 4. The molecule has 106 valence electrons. The van der Waals surface area contributed by atoms with Crippen LogP contribution in [0.5, 0.6) is 0 Å². The highest BCUT2D eigenvalue weighted by atomic mass is 16.2. The molecule has 0 bridgehead atoms. The predicted molar refractivity (Wildman–Crippen MR) is 72.1 cm³/mol. The van der Waals surface area contributed by atoms with Gasteiger partial charge in [-0.05, 0) is 38.7 Å². The molecule has 1 amide bonds. The Labute approximate surface area is 116 Å². The fourth-order valence-electron chi connectivity index (χ4n) is 2.71. The van der Waals surface area contributed by atoms with Gasteiger partial charge in [0.25, 0.3) is 5.91 Å². The average molecular weight is 274 g/mol. The second-order valence-electron chi connectivity index (χ2n) is 5.32. The van der Waals surface area contributed by atoms with Gasteiger partial charge in [-0.25, -0.2) is 0 Å². The number of carbonyl (C=O) groups is 1. The number of rotatable bonds is 3. The van der Waals surface area contributed by atoms with Gasteiger partial charge in [-0.3, -0.25) is 9.89 Å². The Kier molecular flexibility index (Phi) is 3.49. The summed E-state index contributed by atoms with van der Waals surface area (Å²) in [6.07, 6.45) is 7.52. The quantitative estimate of drug-likeness (QED) is 0.881. The van der Waals surface area contributed by atoms with Crippen LogP contribution in [0.1, 0.15) is 47.9 Å². The van der Waals surface area contributed by atoms with E-state index >= 15 is 0 Å². The zero-order chi connectivity index (χ0) is 13.9. The molecule has 2 N–H and O–H groups in total. The molecule has 2 heterocycles. The van der Waals surface area contributed by atoms with Crippen molar-refractivity contribution in [3.8, 4) is 0 Å². The third-order valence-corrected chi connectivity index (χ3v) is 3.83. The van der Waals surface area contributed by atoms with Gasteiger partial charge in [0.15, 0.2) is 0 Å². The number of aromatic nitrogens is 5. The van der Waals surface area contributed by atoms with E-state index < -0.39 is 0 Å². The van der Waals surface area contributed by atoms with E-state index in [0.717, 1.165) is 31.4 Å². The molecule has 0 atom stereocenters. The zero-order valence-electron chi connectivity index (χ0n) is 11.4. The molecule has 7 heteroatoms. The van der Waals surface area contributed by atoms with Crippen molar-refractivity contribution in [1.82, 2.24) is 30.3 Å². The molecule has 1 fully saturated rings. The minimum absolute atomic E-state index is 0.0953. The average Bonchev–Trinajstić information content (AvgIpc) is 3.10. The highest BCUT2D eigenvalue weighted by Crippen LogP contribution is 2.28. The summed E-state index contributed by atoms with van der Waals surface area (Å²) in [5.41, 5.74) is 1.36. The summed E-state index contributed by atoms with van der Waals surface area (Å²) in [4.78, 5) is 12.0. The van der Waals surface area contributed by atoms with Crippen LogP contribution in [0.2, 0.25) is 0 Å². The Morgan fingerprint density at radius 2 is 2.00 bits per heavy atom. The Hall–Kier alpha value is -2.18. The summed E-state index contributed by atoms with van der Waals surface area (Å²) in [5, 5.41) is 17.5. The monoisotopic (exact) mass is 274 g/mol. The lowest BCUT2D eigenvalue weighted by molar-refractivity contribution is 0.0917. The molecule has 1 aliphatic rings. The van der Waals surface area contributed by atoms with Crippen LogP contribution in [-0.2, 0) is 0 Å². The van der Waals surface area contributed by atoms with Crippen LogP contribution >= 0.6 is 0 Å². The maximum atomic E-state index is 12.0. The molecule has 0 aliphatic heterocycles. The summed E-state index contributed by atoms with van der Waals surface area (Å²) in [6, 6.07) is 2.44. The number of hydrogen-bond donors (Lipinski definition) is 2. The third-order valence-electron chi connectivity index (χ3n) is 3.83. The molecule has 0 aromatic carbocycles. The van der Waals surface area contributed by atoms with Crippen LogP contribution in [0.25, 0.3) is 0 Å². The molecule has 1 aliphatic carbocycles. The first-order chi connectivity index (χ1) is 9.72. The molecule has 0 radical (unpaired) electrons. The van der Waals surface area contributed by atoms with Crippen molar-refractivity contribution < 1.29 is 4.79 Å². The second kappa shape index (κ2) is 5.44. The lowest BCUT2D eigenvalue weighted by Crippen LogP contribution is -2.38. The van der Waals surface area contributed by atoms with Crippen LogP contribution in [-0.4, -0.2) is 36.9 Å². The molecule has 7 nitrogen and oxygen atoms in total. The molecule has 0 unspecified atom stereocenters. The van der Waals surface area contributed by atoms with Crippen LogP contribution in [0.3, 0.4) is 0 Å². The van der Waals surface area contributed by atoms with Crippen molar-refractivity contribution in [2.24, 2.45) is 0 Å². The minimum Gasteiger partial charge on any atom is -0.348 e. The normalized spacial score (nSPS) is 22.6. The van der Waals surface area contributed by atoms with Crippen molar-refractivity contribution in [2.45, 2.75) is 44.7 Å². The van der Waals surface area contributed by atoms with Gasteiger partial charge >= 0.3 is 0 Å². The highest BCUT2D eigenvalue weighted by Gasteiger charge is 2.24. The van der Waals surface area contributed by atoms with Gasteiger partial charge in [0.1, 0.15) is 18.3 Å². The van der Waals surface area contributed by atoms with E-state index in [1.165, 1.54) is 0 Å². The molecular weight excluding hydrogens is 256 g/mol. The molecule has 2 aromatic heterocycles. The maximum Gasteiger partial charge on any atom is 0.271 e. The fourth-order valence-corrected chi connectivity index (χ4v) is 2.71. The molecule has 2 aromatic rings. The van der Waals surface area contributed by atoms with Crippen LogP contribution in [0, 0.1) is 6.92 Å². The molecule has 3 rings (SSSR count). The first-order valence-electron chi connectivity index (χ1n) is 6.89. The molecule has 1 saturated carbocycles. The largest absolute Gasteiger partial charge is 0.348 e. The van der Waals surface area contributed by atoms with Gasteiger partial charge < -0.3 is 9.88 Å². The van der Waals surface area contributed by atoms with E-state index in [-0.39, 0.29) is 11.9 Å². The van der Waals surface area contributed by atoms with E-state index in [1.54, 1.807) is 18.7 Å². The van der Waals surface area contributed by atoms with Crippen molar-refractivity contribution >= 4 is 5.91 Å². The standard InChI is InChI=1S/C13H18N6O/c1-9-6-12(18-17-9)13(20)16-10-2-4-11(5-3-10)19-7-14-15-8-19/h6-8,10-11H,2-5H2,1H3,(H,16,20)(H,17,18). The number of carbonyl (C=O) groups excluding carboxylic acids is 1. The minimum atomic E-state index is -0.0953. The molecule has 0 spiro atoms. The predicted octanol–water partition coefficient (Wildman–Crippen LogP) is 1.22. The summed E-state index contributed by atoms with van der Waals surface area (Å²) in [7, 11) is 0. The van der Waals surface area contributed by atoms with Gasteiger partial charge in [-0.2, -0.15) is 5.10 Å². The maximum absolute atomic E-state index is 12.0. The molecule has 0 saturated heterocycles. The SMILES string of the molecule is Cc1cc(C(=O)NC2CCC(n3cnnc3)CC2)n[nH]1. The smallest absolute Gasteiger partial charge is 0.271 e. The number of H-pyrrole nitrogens is 1. The summed E-state index contributed by atoms with van der Waals surface area (Å²) >= 11 is 0. The van der Waals surface area contributed by atoms with Gasteiger partial charge in [0.2, 0.25) is 0 Å². The highest BCUT2D eigenvalue weighted by molar-refractivity contribution is 5.92. The van der Waals surface area contributed by atoms with Crippen LogP contribution < -0.4 is 5.32 Å². The van der Waals surface area contributed by atoms with Gasteiger partial charge in [-0.15, -0.1) is 10.2 Å². The summed E-state index contributed by atoms with van der Waals surface area (Å²) in [6.45, 7) is 1.88. The lowest BCUT2D eigenvalue weighted by Gasteiger charge is -2.29.